The summed E-state index contributed by atoms with van der Waals surface area (Å²) < 4.78 is 33.7. The first-order valence-electron chi connectivity index (χ1n) is 9.51. The molecule has 1 aromatic heterocycles. The molecule has 1 amide bonds. The number of hydrogen-bond acceptors (Lipinski definition) is 5. The van der Waals surface area contributed by atoms with Crippen molar-refractivity contribution in [1.29, 1.82) is 0 Å². The molecule has 0 saturated carbocycles. The number of methoxy groups -OCH3 is 1. The third kappa shape index (κ3) is 4.33. The first-order valence-corrected chi connectivity index (χ1v) is 10.5. The Morgan fingerprint density at radius 1 is 1.09 bits per heavy atom. The molecule has 4 aromatic rings. The zero-order valence-electron chi connectivity index (χ0n) is 16.8. The van der Waals surface area contributed by atoms with Gasteiger partial charge in [0.25, 0.3) is 5.56 Å². The molecule has 0 aliphatic heterocycles. The van der Waals surface area contributed by atoms with E-state index in [1.807, 2.05) is 0 Å². The summed E-state index contributed by atoms with van der Waals surface area (Å²) in [5.74, 6) is -1.84. The van der Waals surface area contributed by atoms with Crippen molar-refractivity contribution in [3.63, 3.8) is 0 Å². The molecular formula is C23H17F2N3O3S. The summed E-state index contributed by atoms with van der Waals surface area (Å²) >= 11 is 1.01. The lowest BCUT2D eigenvalue weighted by Gasteiger charge is -2.15. The molecule has 0 bridgehead atoms. The van der Waals surface area contributed by atoms with Crippen LogP contribution in [-0.4, -0.2) is 28.3 Å². The van der Waals surface area contributed by atoms with Gasteiger partial charge in [-0.1, -0.05) is 36.0 Å². The molecule has 3 aromatic carbocycles. The highest BCUT2D eigenvalue weighted by atomic mass is 32.2. The van der Waals surface area contributed by atoms with Crippen LogP contribution in [0.4, 0.5) is 14.5 Å². The number of rotatable bonds is 6. The average Bonchev–Trinajstić information content (AvgIpc) is 2.80. The average molecular weight is 453 g/mol. The Kier molecular flexibility index (Phi) is 6.18. The zero-order valence-corrected chi connectivity index (χ0v) is 17.7. The largest absolute Gasteiger partial charge is 0.495 e. The van der Waals surface area contributed by atoms with Crippen LogP contribution in [0.15, 0.2) is 76.7 Å². The molecule has 4 rings (SSSR count). The molecule has 1 heterocycles. The maximum Gasteiger partial charge on any atom is 0.266 e. The molecule has 162 valence electrons. The van der Waals surface area contributed by atoms with E-state index in [1.54, 1.807) is 48.5 Å². The number of anilines is 1. The highest BCUT2D eigenvalue weighted by molar-refractivity contribution is 7.99. The van der Waals surface area contributed by atoms with Crippen LogP contribution in [0.1, 0.15) is 0 Å². The number of benzene rings is 3. The number of ether oxygens (including phenoxy) is 1. The molecule has 0 aliphatic rings. The van der Waals surface area contributed by atoms with Gasteiger partial charge in [0.05, 0.1) is 35.1 Å². The number of nitrogens with one attached hydrogen (secondary N) is 1. The van der Waals surface area contributed by atoms with Crippen molar-refractivity contribution in [3.8, 4) is 11.4 Å². The maximum absolute atomic E-state index is 13.8. The van der Waals surface area contributed by atoms with Gasteiger partial charge in [-0.25, -0.2) is 13.8 Å². The molecule has 6 nitrogen and oxygen atoms in total. The monoisotopic (exact) mass is 453 g/mol. The number of thioether (sulfide) groups is 1. The molecule has 0 radical (unpaired) electrons. The summed E-state index contributed by atoms with van der Waals surface area (Å²) in [6.07, 6.45) is 0. The van der Waals surface area contributed by atoms with Crippen LogP contribution in [0.25, 0.3) is 16.6 Å². The Morgan fingerprint density at radius 3 is 2.62 bits per heavy atom. The minimum absolute atomic E-state index is 0.134. The van der Waals surface area contributed by atoms with Gasteiger partial charge in [-0.05, 0) is 36.4 Å². The van der Waals surface area contributed by atoms with Crippen LogP contribution in [0, 0.1) is 11.6 Å². The van der Waals surface area contributed by atoms with Crippen molar-refractivity contribution < 1.29 is 18.3 Å². The Balaban J connectivity index is 1.70. The molecule has 1 N–H and O–H groups in total. The van der Waals surface area contributed by atoms with E-state index >= 15 is 0 Å². The number of carbonyl (C=O) groups is 1. The number of para-hydroxylation sites is 3. The van der Waals surface area contributed by atoms with Gasteiger partial charge in [0.15, 0.2) is 5.16 Å². The SMILES string of the molecule is COc1ccccc1-n1c(SCC(=O)Nc2ccc(F)cc2F)nc2ccccc2c1=O. The van der Waals surface area contributed by atoms with Crippen LogP contribution in [-0.2, 0) is 4.79 Å². The van der Waals surface area contributed by atoms with Gasteiger partial charge in [0, 0.05) is 6.07 Å². The topological polar surface area (TPSA) is 73.2 Å². The van der Waals surface area contributed by atoms with Gasteiger partial charge in [-0.15, -0.1) is 0 Å². The quantitative estimate of drug-likeness (QED) is 0.346. The molecule has 9 heteroatoms. The van der Waals surface area contributed by atoms with Crippen molar-refractivity contribution in [2.45, 2.75) is 5.16 Å². The second kappa shape index (κ2) is 9.19. The highest BCUT2D eigenvalue weighted by Crippen LogP contribution is 2.27. The number of amides is 1. The summed E-state index contributed by atoms with van der Waals surface area (Å²) in [5.41, 5.74) is 0.514. The first-order chi connectivity index (χ1) is 15.5. The first kappa shape index (κ1) is 21.5. The van der Waals surface area contributed by atoms with E-state index in [1.165, 1.54) is 11.7 Å². The predicted molar refractivity (Wildman–Crippen MR) is 120 cm³/mol. The number of hydrogen-bond donors (Lipinski definition) is 1. The highest BCUT2D eigenvalue weighted by Gasteiger charge is 2.17. The van der Waals surface area contributed by atoms with Crippen molar-refractivity contribution in [3.05, 3.63) is 88.7 Å². The fourth-order valence-electron chi connectivity index (χ4n) is 3.14. The van der Waals surface area contributed by atoms with Crippen LogP contribution in [0.5, 0.6) is 5.75 Å². The second-order valence-electron chi connectivity index (χ2n) is 6.68. The van der Waals surface area contributed by atoms with E-state index in [2.05, 4.69) is 10.3 Å². The molecule has 0 atom stereocenters. The number of nitrogens with zero attached hydrogens (tertiary/aromatic N) is 2. The molecule has 0 fully saturated rings. The van der Waals surface area contributed by atoms with Crippen LogP contribution < -0.4 is 15.6 Å². The third-order valence-corrected chi connectivity index (χ3v) is 5.55. The molecule has 0 spiro atoms. The normalized spacial score (nSPS) is 10.8. The van der Waals surface area contributed by atoms with Crippen molar-refractivity contribution in [2.24, 2.45) is 0 Å². The van der Waals surface area contributed by atoms with E-state index in [0.29, 0.717) is 28.4 Å². The minimum Gasteiger partial charge on any atom is -0.495 e. The van der Waals surface area contributed by atoms with Crippen molar-refractivity contribution >= 4 is 34.3 Å². The minimum atomic E-state index is -0.877. The lowest BCUT2D eigenvalue weighted by Crippen LogP contribution is -2.23. The fraction of sp³-hybridized carbons (Fsp3) is 0.0870. The molecule has 0 aliphatic carbocycles. The Labute approximate surface area is 185 Å². The van der Waals surface area contributed by atoms with E-state index in [4.69, 9.17) is 4.74 Å². The van der Waals surface area contributed by atoms with E-state index in [9.17, 15) is 18.4 Å². The summed E-state index contributed by atoms with van der Waals surface area (Å²) in [7, 11) is 1.50. The molecule has 32 heavy (non-hydrogen) atoms. The number of carbonyl (C=O) groups excluding carboxylic acids is 1. The van der Waals surface area contributed by atoms with Gasteiger partial charge in [-0.3, -0.25) is 14.2 Å². The fourth-order valence-corrected chi connectivity index (χ4v) is 3.95. The standard InChI is InChI=1S/C23H17F2N3O3S/c1-31-20-9-5-4-8-19(20)28-22(30)15-6-2-3-7-17(15)27-23(28)32-13-21(29)26-18-11-10-14(24)12-16(18)25/h2-12H,13H2,1H3,(H,26,29). The summed E-state index contributed by atoms with van der Waals surface area (Å²) in [5, 5.41) is 3.09. The third-order valence-electron chi connectivity index (χ3n) is 4.61. The van der Waals surface area contributed by atoms with Gasteiger partial charge in [0.2, 0.25) is 5.91 Å². The van der Waals surface area contributed by atoms with Gasteiger partial charge in [-0.2, -0.15) is 0 Å². The van der Waals surface area contributed by atoms with Crippen LogP contribution in [0.3, 0.4) is 0 Å². The smallest absolute Gasteiger partial charge is 0.266 e. The summed E-state index contributed by atoms with van der Waals surface area (Å²) in [4.78, 5) is 30.3. The number of aromatic nitrogens is 2. The van der Waals surface area contributed by atoms with E-state index < -0.39 is 17.5 Å². The van der Waals surface area contributed by atoms with Gasteiger partial charge in [0.1, 0.15) is 17.4 Å². The number of fused-ring (bicyclic) bond motifs is 1. The lowest BCUT2D eigenvalue weighted by atomic mass is 10.2. The van der Waals surface area contributed by atoms with Gasteiger partial charge >= 0.3 is 0 Å². The Bertz CT molecular complexity index is 1370. The van der Waals surface area contributed by atoms with Crippen molar-refractivity contribution in [1.82, 2.24) is 9.55 Å². The Morgan fingerprint density at radius 2 is 1.84 bits per heavy atom. The molecule has 0 unspecified atom stereocenters. The van der Waals surface area contributed by atoms with Crippen molar-refractivity contribution in [2.75, 3.05) is 18.2 Å². The number of halogens is 2. The lowest BCUT2D eigenvalue weighted by molar-refractivity contribution is -0.113. The maximum atomic E-state index is 13.8. The van der Waals surface area contributed by atoms with Crippen LogP contribution >= 0.6 is 11.8 Å². The summed E-state index contributed by atoms with van der Waals surface area (Å²) in [6.45, 7) is 0. The molecular weight excluding hydrogens is 436 g/mol. The summed E-state index contributed by atoms with van der Waals surface area (Å²) in [6, 6.07) is 16.8. The molecule has 0 saturated heterocycles. The predicted octanol–water partition coefficient (Wildman–Crippen LogP) is 4.40. The van der Waals surface area contributed by atoms with E-state index in [0.717, 1.165) is 23.9 Å². The van der Waals surface area contributed by atoms with E-state index in [-0.39, 0.29) is 22.2 Å². The van der Waals surface area contributed by atoms with Gasteiger partial charge < -0.3 is 10.1 Å². The zero-order chi connectivity index (χ0) is 22.7. The second-order valence-corrected chi connectivity index (χ2v) is 7.63. The Hall–Kier alpha value is -3.72. The van der Waals surface area contributed by atoms with Crippen LogP contribution in [0.2, 0.25) is 0 Å².